The highest BCUT2D eigenvalue weighted by molar-refractivity contribution is 5.69. The molecule has 0 saturated heterocycles. The van der Waals surface area contributed by atoms with Crippen molar-refractivity contribution in [3.05, 3.63) is 48.8 Å². The quantitative estimate of drug-likeness (QED) is 0.759. The average molecular weight is 298 g/mol. The third-order valence-electron chi connectivity index (χ3n) is 3.76. The van der Waals surface area contributed by atoms with Crippen LogP contribution in [-0.2, 0) is 13.1 Å². The van der Waals surface area contributed by atoms with E-state index in [0.717, 1.165) is 24.2 Å². The van der Waals surface area contributed by atoms with Crippen molar-refractivity contribution in [2.24, 2.45) is 0 Å². The van der Waals surface area contributed by atoms with Crippen LogP contribution in [0.5, 0.6) is 11.6 Å². The van der Waals surface area contributed by atoms with E-state index in [2.05, 4.69) is 9.97 Å². The van der Waals surface area contributed by atoms with Crippen LogP contribution < -0.4 is 0 Å². The van der Waals surface area contributed by atoms with Crippen molar-refractivity contribution in [1.82, 2.24) is 19.1 Å². The molecule has 0 aliphatic heterocycles. The molecule has 3 aromatic heterocycles. The first-order chi connectivity index (χ1) is 10.7. The van der Waals surface area contributed by atoms with E-state index in [0.29, 0.717) is 12.1 Å². The maximum atomic E-state index is 10.2. The van der Waals surface area contributed by atoms with Crippen LogP contribution in [-0.4, -0.2) is 29.3 Å². The second-order valence-electron chi connectivity index (χ2n) is 5.19. The molecule has 0 bridgehead atoms. The average Bonchev–Trinajstić information content (AvgIpc) is 3.12. The highest BCUT2D eigenvalue weighted by atomic mass is 16.3. The van der Waals surface area contributed by atoms with E-state index >= 15 is 0 Å². The van der Waals surface area contributed by atoms with Crippen LogP contribution in [0.15, 0.2) is 43.2 Å². The summed E-state index contributed by atoms with van der Waals surface area (Å²) in [6.45, 7) is 3.20. The largest absolute Gasteiger partial charge is 0.503 e. The Morgan fingerprint density at radius 3 is 2.50 bits per heavy atom. The van der Waals surface area contributed by atoms with Crippen LogP contribution in [0.25, 0.3) is 11.3 Å². The minimum Gasteiger partial charge on any atom is -0.503 e. The molecule has 0 aromatic carbocycles. The Bertz CT molecular complexity index is 748. The van der Waals surface area contributed by atoms with Crippen LogP contribution >= 0.6 is 0 Å². The van der Waals surface area contributed by atoms with Gasteiger partial charge in [0.15, 0.2) is 5.75 Å². The van der Waals surface area contributed by atoms with Gasteiger partial charge in [-0.1, -0.05) is 0 Å². The minimum absolute atomic E-state index is 0.0607. The molecule has 22 heavy (non-hydrogen) atoms. The number of pyridine rings is 1. The van der Waals surface area contributed by atoms with Gasteiger partial charge in [-0.3, -0.25) is 4.98 Å². The summed E-state index contributed by atoms with van der Waals surface area (Å²) >= 11 is 0. The minimum atomic E-state index is -0.0880. The van der Waals surface area contributed by atoms with Gasteiger partial charge >= 0.3 is 0 Å². The highest BCUT2D eigenvalue weighted by Gasteiger charge is 2.20. The van der Waals surface area contributed by atoms with E-state index in [1.165, 1.54) is 0 Å². The molecule has 6 nitrogen and oxygen atoms in total. The van der Waals surface area contributed by atoms with Gasteiger partial charge in [-0.05, 0) is 25.5 Å². The van der Waals surface area contributed by atoms with Crippen LogP contribution in [0.3, 0.4) is 0 Å². The lowest BCUT2D eigenvalue weighted by Gasteiger charge is -2.11. The number of imidazole rings is 1. The maximum Gasteiger partial charge on any atom is 0.235 e. The molecule has 6 heteroatoms. The molecule has 0 fully saturated rings. The lowest BCUT2D eigenvalue weighted by Crippen LogP contribution is -2.04. The maximum absolute atomic E-state index is 10.2. The van der Waals surface area contributed by atoms with Gasteiger partial charge in [-0.15, -0.1) is 0 Å². The number of hydrogen-bond acceptors (Lipinski definition) is 4. The van der Waals surface area contributed by atoms with Crippen molar-refractivity contribution in [3.63, 3.8) is 0 Å². The Hall–Kier alpha value is -2.76. The Morgan fingerprint density at radius 1 is 1.05 bits per heavy atom. The number of aromatic nitrogens is 4. The summed E-state index contributed by atoms with van der Waals surface area (Å²) in [5.74, 6) is -0.149. The van der Waals surface area contributed by atoms with Gasteiger partial charge < -0.3 is 19.3 Å². The van der Waals surface area contributed by atoms with Crippen molar-refractivity contribution in [2.75, 3.05) is 0 Å². The van der Waals surface area contributed by atoms with Gasteiger partial charge in [0.2, 0.25) is 5.88 Å². The summed E-state index contributed by atoms with van der Waals surface area (Å²) in [6.07, 6.45) is 9.63. The number of rotatable bonds is 5. The second-order valence-corrected chi connectivity index (χ2v) is 5.19. The topological polar surface area (TPSA) is 76.1 Å². The zero-order valence-electron chi connectivity index (χ0n) is 12.3. The van der Waals surface area contributed by atoms with Crippen molar-refractivity contribution in [1.29, 1.82) is 0 Å². The SMILES string of the molecule is Cc1c(O)c(O)n(CCCn2ccnc2)c1-c1ccncc1. The fourth-order valence-corrected chi connectivity index (χ4v) is 2.65. The summed E-state index contributed by atoms with van der Waals surface area (Å²) < 4.78 is 3.73. The van der Waals surface area contributed by atoms with Crippen LogP contribution in [0.2, 0.25) is 0 Å². The van der Waals surface area contributed by atoms with Gasteiger partial charge in [-0.2, -0.15) is 0 Å². The fraction of sp³-hybridized carbons (Fsp3) is 0.250. The molecule has 0 atom stereocenters. The zero-order valence-corrected chi connectivity index (χ0v) is 12.3. The normalized spacial score (nSPS) is 11.0. The summed E-state index contributed by atoms with van der Waals surface area (Å²) in [6, 6.07) is 3.74. The van der Waals surface area contributed by atoms with Crippen LogP contribution in [0.4, 0.5) is 0 Å². The lowest BCUT2D eigenvalue weighted by atomic mass is 10.1. The third-order valence-corrected chi connectivity index (χ3v) is 3.76. The Kier molecular flexibility index (Phi) is 3.82. The Morgan fingerprint density at radius 2 is 1.82 bits per heavy atom. The molecular formula is C16H18N4O2. The Balaban J connectivity index is 1.88. The number of nitrogens with zero attached hydrogens (tertiary/aromatic N) is 4. The molecule has 0 spiro atoms. The van der Waals surface area contributed by atoms with Gasteiger partial charge in [0, 0.05) is 49.0 Å². The monoisotopic (exact) mass is 298 g/mol. The lowest BCUT2D eigenvalue weighted by molar-refractivity contribution is 0.367. The molecule has 0 aliphatic carbocycles. The van der Waals surface area contributed by atoms with E-state index < -0.39 is 0 Å². The van der Waals surface area contributed by atoms with E-state index in [1.54, 1.807) is 36.4 Å². The van der Waals surface area contributed by atoms with E-state index in [9.17, 15) is 10.2 Å². The smallest absolute Gasteiger partial charge is 0.235 e. The van der Waals surface area contributed by atoms with Gasteiger partial charge in [0.25, 0.3) is 0 Å². The number of aryl methyl sites for hydroxylation is 1. The molecule has 3 aromatic rings. The standard InChI is InChI=1S/C16H18N4O2/c1-12-14(13-3-5-17-6-4-13)20(16(22)15(12)21)9-2-8-19-10-7-18-11-19/h3-7,10-11,21-22H,2,8-9H2,1H3. The van der Waals surface area contributed by atoms with Crippen molar-refractivity contribution in [2.45, 2.75) is 26.4 Å². The van der Waals surface area contributed by atoms with Crippen LogP contribution in [0, 0.1) is 6.92 Å². The van der Waals surface area contributed by atoms with Gasteiger partial charge in [-0.25, -0.2) is 4.98 Å². The summed E-state index contributed by atoms with van der Waals surface area (Å²) in [5.41, 5.74) is 2.42. The second kappa shape index (κ2) is 5.93. The number of hydrogen-bond donors (Lipinski definition) is 2. The van der Waals surface area contributed by atoms with E-state index in [-0.39, 0.29) is 11.6 Å². The molecule has 114 valence electrons. The highest BCUT2D eigenvalue weighted by Crippen LogP contribution is 2.40. The molecule has 0 amide bonds. The molecule has 0 unspecified atom stereocenters. The van der Waals surface area contributed by atoms with Crippen molar-refractivity contribution in [3.8, 4) is 22.9 Å². The predicted molar refractivity (Wildman–Crippen MR) is 82.6 cm³/mol. The predicted octanol–water partition coefficient (Wildman–Crippen LogP) is 2.56. The molecule has 3 rings (SSSR count). The van der Waals surface area contributed by atoms with Gasteiger partial charge in [0.1, 0.15) is 0 Å². The first-order valence-electron chi connectivity index (χ1n) is 7.15. The zero-order chi connectivity index (χ0) is 15.5. The molecule has 2 N–H and O–H groups in total. The Labute approximate surface area is 128 Å². The van der Waals surface area contributed by atoms with Gasteiger partial charge in [0.05, 0.1) is 12.0 Å². The molecule has 0 saturated carbocycles. The van der Waals surface area contributed by atoms with Crippen molar-refractivity contribution >= 4 is 0 Å². The summed E-state index contributed by atoms with van der Waals surface area (Å²) in [4.78, 5) is 8.02. The van der Waals surface area contributed by atoms with E-state index in [1.807, 2.05) is 22.9 Å². The fourth-order valence-electron chi connectivity index (χ4n) is 2.65. The third kappa shape index (κ3) is 2.55. The van der Waals surface area contributed by atoms with Crippen molar-refractivity contribution < 1.29 is 10.2 Å². The van der Waals surface area contributed by atoms with E-state index in [4.69, 9.17) is 0 Å². The first kappa shape index (κ1) is 14.2. The molecule has 0 radical (unpaired) electrons. The molecule has 0 aliphatic rings. The molecule has 3 heterocycles. The first-order valence-corrected chi connectivity index (χ1v) is 7.15. The molecular weight excluding hydrogens is 280 g/mol. The van der Waals surface area contributed by atoms with Crippen LogP contribution in [0.1, 0.15) is 12.0 Å². The summed E-state index contributed by atoms with van der Waals surface area (Å²) in [5, 5.41) is 20.2. The summed E-state index contributed by atoms with van der Waals surface area (Å²) in [7, 11) is 0. The number of aromatic hydroxyl groups is 2.